The molecule has 0 radical (unpaired) electrons. The zero-order valence-corrected chi connectivity index (χ0v) is 17.7. The van der Waals surface area contributed by atoms with Gasteiger partial charge in [0.1, 0.15) is 21.7 Å². The average molecular weight is 423 g/mol. The highest BCUT2D eigenvalue weighted by molar-refractivity contribution is 7.22. The number of nitrogens with zero attached hydrogens (tertiary/aromatic N) is 3. The highest BCUT2D eigenvalue weighted by Gasteiger charge is 2.26. The monoisotopic (exact) mass is 422 g/mol. The van der Waals surface area contributed by atoms with Crippen LogP contribution in [0.25, 0.3) is 21.1 Å². The summed E-state index contributed by atoms with van der Waals surface area (Å²) in [5.41, 5.74) is 2.53. The van der Waals surface area contributed by atoms with E-state index in [1.807, 2.05) is 47.5 Å². The van der Waals surface area contributed by atoms with Gasteiger partial charge in [-0.2, -0.15) is 0 Å². The van der Waals surface area contributed by atoms with Crippen LogP contribution in [0.15, 0.2) is 42.6 Å². The van der Waals surface area contributed by atoms with E-state index in [0.29, 0.717) is 13.1 Å². The normalized spacial score (nSPS) is 14.5. The molecule has 0 unspecified atom stereocenters. The van der Waals surface area contributed by atoms with E-state index >= 15 is 0 Å². The number of anilines is 1. The molecule has 154 valence electrons. The summed E-state index contributed by atoms with van der Waals surface area (Å²) < 4.78 is 11.9. The number of H-pyrrole nitrogens is 1. The summed E-state index contributed by atoms with van der Waals surface area (Å²) in [6, 6.07) is 11.7. The topological polar surface area (TPSA) is 70.7 Å². The number of para-hydroxylation sites is 1. The van der Waals surface area contributed by atoms with Crippen molar-refractivity contribution in [3.63, 3.8) is 0 Å². The van der Waals surface area contributed by atoms with E-state index in [1.165, 1.54) is 0 Å². The molecule has 30 heavy (non-hydrogen) atoms. The van der Waals surface area contributed by atoms with Gasteiger partial charge in [0, 0.05) is 43.3 Å². The lowest BCUT2D eigenvalue weighted by Gasteiger charge is -2.34. The lowest BCUT2D eigenvalue weighted by Crippen LogP contribution is -2.48. The summed E-state index contributed by atoms with van der Waals surface area (Å²) in [6.07, 6.45) is 1.81. The first kappa shape index (κ1) is 18.7. The molecule has 0 spiro atoms. The van der Waals surface area contributed by atoms with Crippen molar-refractivity contribution in [3.8, 4) is 11.5 Å². The third-order valence-corrected chi connectivity index (χ3v) is 6.69. The molecule has 7 nitrogen and oxygen atoms in total. The van der Waals surface area contributed by atoms with Gasteiger partial charge in [0.15, 0.2) is 5.13 Å². The Morgan fingerprint density at radius 2 is 1.77 bits per heavy atom. The predicted octanol–water partition coefficient (Wildman–Crippen LogP) is 3.76. The van der Waals surface area contributed by atoms with Crippen LogP contribution in [0.1, 0.15) is 10.4 Å². The van der Waals surface area contributed by atoms with Gasteiger partial charge in [0.05, 0.1) is 19.8 Å². The minimum absolute atomic E-state index is 0.0692. The summed E-state index contributed by atoms with van der Waals surface area (Å²) in [6.45, 7) is 2.78. The van der Waals surface area contributed by atoms with Crippen molar-refractivity contribution in [2.24, 2.45) is 0 Å². The number of methoxy groups -OCH3 is 2. The summed E-state index contributed by atoms with van der Waals surface area (Å²) >= 11 is 1.60. The van der Waals surface area contributed by atoms with Crippen molar-refractivity contribution in [1.29, 1.82) is 0 Å². The highest BCUT2D eigenvalue weighted by atomic mass is 32.1. The van der Waals surface area contributed by atoms with Crippen LogP contribution < -0.4 is 14.4 Å². The van der Waals surface area contributed by atoms with E-state index in [1.54, 1.807) is 25.6 Å². The van der Waals surface area contributed by atoms with Gasteiger partial charge in [0.25, 0.3) is 5.91 Å². The Hall–Kier alpha value is -3.26. The SMILES string of the molecule is COc1ccc(OC)c2sc(N3CCN(C(=O)c4c[nH]c5ccccc45)CC3)nc12. The van der Waals surface area contributed by atoms with Gasteiger partial charge in [-0.1, -0.05) is 29.5 Å². The Morgan fingerprint density at radius 1 is 1.03 bits per heavy atom. The zero-order valence-electron chi connectivity index (χ0n) is 16.8. The lowest BCUT2D eigenvalue weighted by atomic mass is 10.1. The molecular formula is C22H22N4O3S. The third-order valence-electron chi connectivity index (χ3n) is 5.56. The number of piperazine rings is 1. The molecule has 8 heteroatoms. The fraction of sp³-hybridized carbons (Fsp3) is 0.273. The smallest absolute Gasteiger partial charge is 0.256 e. The highest BCUT2D eigenvalue weighted by Crippen LogP contribution is 2.40. The molecule has 1 amide bonds. The lowest BCUT2D eigenvalue weighted by molar-refractivity contribution is 0.0749. The Labute approximate surface area is 177 Å². The van der Waals surface area contributed by atoms with Crippen LogP contribution in [0, 0.1) is 0 Å². The molecule has 2 aromatic carbocycles. The quantitative estimate of drug-likeness (QED) is 0.542. The predicted molar refractivity (Wildman–Crippen MR) is 119 cm³/mol. The standard InChI is InChI=1S/C22H22N4O3S/c1-28-17-7-8-18(29-2)20-19(17)24-22(30-20)26-11-9-25(10-12-26)21(27)15-13-23-16-6-4-3-5-14(15)16/h3-8,13,23H,9-12H2,1-2H3. The number of carbonyl (C=O) groups excluding carboxylic acids is 1. The molecule has 4 aromatic rings. The number of hydrogen-bond acceptors (Lipinski definition) is 6. The van der Waals surface area contributed by atoms with Gasteiger partial charge in [-0.25, -0.2) is 4.98 Å². The van der Waals surface area contributed by atoms with Crippen molar-refractivity contribution in [2.75, 3.05) is 45.3 Å². The second kappa shape index (κ2) is 7.53. The maximum atomic E-state index is 13.1. The number of amides is 1. The minimum Gasteiger partial charge on any atom is -0.495 e. The number of aromatic amines is 1. The number of nitrogens with one attached hydrogen (secondary N) is 1. The first-order chi connectivity index (χ1) is 14.7. The number of aromatic nitrogens is 2. The van der Waals surface area contributed by atoms with E-state index < -0.39 is 0 Å². The summed E-state index contributed by atoms with van der Waals surface area (Å²) in [5, 5.41) is 1.89. The molecule has 1 saturated heterocycles. The van der Waals surface area contributed by atoms with Gasteiger partial charge in [-0.15, -0.1) is 0 Å². The maximum Gasteiger partial charge on any atom is 0.256 e. The van der Waals surface area contributed by atoms with E-state index in [-0.39, 0.29) is 5.91 Å². The molecule has 2 aromatic heterocycles. The first-order valence-corrected chi connectivity index (χ1v) is 10.6. The Morgan fingerprint density at radius 3 is 2.53 bits per heavy atom. The summed E-state index contributed by atoms with van der Waals surface area (Å²) in [5.74, 6) is 1.60. The zero-order chi connectivity index (χ0) is 20.7. The fourth-order valence-corrected chi connectivity index (χ4v) is 5.06. The molecule has 5 rings (SSSR count). The van der Waals surface area contributed by atoms with Crippen LogP contribution >= 0.6 is 11.3 Å². The fourth-order valence-electron chi connectivity index (χ4n) is 3.93. The van der Waals surface area contributed by atoms with Crippen LogP contribution in [-0.2, 0) is 0 Å². The molecule has 3 heterocycles. The Bertz CT molecular complexity index is 1180. The van der Waals surface area contributed by atoms with Crippen molar-refractivity contribution >= 4 is 43.5 Å². The summed E-state index contributed by atoms with van der Waals surface area (Å²) in [7, 11) is 3.31. The van der Waals surface area contributed by atoms with Crippen molar-refractivity contribution in [3.05, 3.63) is 48.2 Å². The van der Waals surface area contributed by atoms with Crippen LogP contribution in [-0.4, -0.2) is 61.2 Å². The van der Waals surface area contributed by atoms with Gasteiger partial charge < -0.3 is 24.3 Å². The minimum atomic E-state index is 0.0692. The first-order valence-electron chi connectivity index (χ1n) is 9.81. The second-order valence-electron chi connectivity index (χ2n) is 7.17. The number of hydrogen-bond donors (Lipinski definition) is 1. The number of fused-ring (bicyclic) bond motifs is 2. The average Bonchev–Trinajstić information content (AvgIpc) is 3.43. The molecule has 1 N–H and O–H groups in total. The Kier molecular flexibility index (Phi) is 4.71. The molecule has 0 aliphatic carbocycles. The van der Waals surface area contributed by atoms with Crippen molar-refractivity contribution in [1.82, 2.24) is 14.9 Å². The molecule has 1 aliphatic rings. The van der Waals surface area contributed by atoms with Crippen molar-refractivity contribution in [2.45, 2.75) is 0 Å². The van der Waals surface area contributed by atoms with E-state index in [4.69, 9.17) is 14.5 Å². The van der Waals surface area contributed by atoms with Crippen LogP contribution in [0.2, 0.25) is 0 Å². The molecular weight excluding hydrogens is 400 g/mol. The van der Waals surface area contributed by atoms with Crippen LogP contribution in [0.3, 0.4) is 0 Å². The number of thiazole rings is 1. The van der Waals surface area contributed by atoms with E-state index in [2.05, 4.69) is 9.88 Å². The van der Waals surface area contributed by atoms with Gasteiger partial charge in [0.2, 0.25) is 0 Å². The number of ether oxygens (including phenoxy) is 2. The summed E-state index contributed by atoms with van der Waals surface area (Å²) in [4.78, 5) is 25.2. The Balaban J connectivity index is 1.35. The molecule has 1 fully saturated rings. The van der Waals surface area contributed by atoms with Crippen molar-refractivity contribution < 1.29 is 14.3 Å². The van der Waals surface area contributed by atoms with Crippen LogP contribution in [0.4, 0.5) is 5.13 Å². The molecule has 0 saturated carbocycles. The maximum absolute atomic E-state index is 13.1. The molecule has 1 aliphatic heterocycles. The number of carbonyl (C=O) groups is 1. The van der Waals surface area contributed by atoms with Gasteiger partial charge in [-0.3, -0.25) is 4.79 Å². The third kappa shape index (κ3) is 3.04. The van der Waals surface area contributed by atoms with Gasteiger partial charge in [-0.05, 0) is 18.2 Å². The molecule has 0 bridgehead atoms. The van der Waals surface area contributed by atoms with Gasteiger partial charge >= 0.3 is 0 Å². The van der Waals surface area contributed by atoms with E-state index in [0.717, 1.165) is 56.4 Å². The molecule has 0 atom stereocenters. The number of rotatable bonds is 4. The largest absolute Gasteiger partial charge is 0.495 e. The number of benzene rings is 2. The second-order valence-corrected chi connectivity index (χ2v) is 8.15. The van der Waals surface area contributed by atoms with Crippen LogP contribution in [0.5, 0.6) is 11.5 Å². The van der Waals surface area contributed by atoms with E-state index in [9.17, 15) is 4.79 Å².